The molecule has 7 heteroatoms. The Balaban J connectivity index is 2.54. The standard InChI is InChI=1S/C15H25NO6/c1-8(2)15(21-9(3)17)22-14(20)12(16)10-4-6-11(7-5-10)13(18)19/h8,10-12,15H,4-7,16H2,1-3H3,(H,18,19). The van der Waals surface area contributed by atoms with Gasteiger partial charge in [0.25, 0.3) is 0 Å². The van der Waals surface area contributed by atoms with Gasteiger partial charge in [-0.05, 0) is 31.6 Å². The minimum absolute atomic E-state index is 0.103. The van der Waals surface area contributed by atoms with E-state index in [1.165, 1.54) is 6.92 Å². The van der Waals surface area contributed by atoms with Gasteiger partial charge in [-0.15, -0.1) is 0 Å². The Labute approximate surface area is 130 Å². The van der Waals surface area contributed by atoms with Gasteiger partial charge < -0.3 is 20.3 Å². The highest BCUT2D eigenvalue weighted by molar-refractivity contribution is 5.76. The Kier molecular flexibility index (Phi) is 6.80. The summed E-state index contributed by atoms with van der Waals surface area (Å²) in [6.45, 7) is 4.78. The van der Waals surface area contributed by atoms with Crippen LogP contribution in [-0.2, 0) is 23.9 Å². The second-order valence-corrected chi connectivity index (χ2v) is 6.13. The third kappa shape index (κ3) is 5.29. The summed E-state index contributed by atoms with van der Waals surface area (Å²) < 4.78 is 10.1. The smallest absolute Gasteiger partial charge is 0.326 e. The number of rotatable bonds is 6. The van der Waals surface area contributed by atoms with Gasteiger partial charge in [-0.3, -0.25) is 14.4 Å². The van der Waals surface area contributed by atoms with Crippen LogP contribution >= 0.6 is 0 Å². The maximum absolute atomic E-state index is 12.1. The summed E-state index contributed by atoms with van der Waals surface area (Å²) in [5, 5.41) is 8.96. The van der Waals surface area contributed by atoms with Crippen molar-refractivity contribution < 1.29 is 29.0 Å². The molecule has 0 spiro atoms. The van der Waals surface area contributed by atoms with Crippen molar-refractivity contribution in [2.45, 2.75) is 58.8 Å². The number of carboxylic acid groups (broad SMARTS) is 1. The molecule has 0 heterocycles. The zero-order chi connectivity index (χ0) is 16.9. The Morgan fingerprint density at radius 2 is 1.64 bits per heavy atom. The lowest BCUT2D eigenvalue weighted by atomic mass is 9.79. The molecule has 1 fully saturated rings. The number of carboxylic acids is 1. The quantitative estimate of drug-likeness (QED) is 0.560. The molecule has 1 aliphatic carbocycles. The summed E-state index contributed by atoms with van der Waals surface area (Å²) in [6, 6.07) is -0.827. The van der Waals surface area contributed by atoms with E-state index in [0.717, 1.165) is 0 Å². The number of carbonyl (C=O) groups is 3. The number of aliphatic carboxylic acids is 1. The summed E-state index contributed by atoms with van der Waals surface area (Å²) in [5.41, 5.74) is 5.93. The van der Waals surface area contributed by atoms with Crippen LogP contribution in [0.4, 0.5) is 0 Å². The fourth-order valence-corrected chi connectivity index (χ4v) is 2.57. The molecular formula is C15H25NO6. The minimum Gasteiger partial charge on any atom is -0.481 e. The Morgan fingerprint density at radius 1 is 1.09 bits per heavy atom. The lowest BCUT2D eigenvalue weighted by Gasteiger charge is -2.30. The van der Waals surface area contributed by atoms with E-state index in [0.29, 0.717) is 25.7 Å². The highest BCUT2D eigenvalue weighted by atomic mass is 16.7. The summed E-state index contributed by atoms with van der Waals surface area (Å²) in [7, 11) is 0. The van der Waals surface area contributed by atoms with Gasteiger partial charge in [0.05, 0.1) is 5.92 Å². The third-order valence-electron chi connectivity index (χ3n) is 3.96. The van der Waals surface area contributed by atoms with Crippen LogP contribution in [0.3, 0.4) is 0 Å². The molecule has 1 rings (SSSR count). The molecule has 7 nitrogen and oxygen atoms in total. The van der Waals surface area contributed by atoms with Crippen molar-refractivity contribution in [3.63, 3.8) is 0 Å². The maximum Gasteiger partial charge on any atom is 0.326 e. The molecule has 0 amide bonds. The van der Waals surface area contributed by atoms with E-state index in [9.17, 15) is 14.4 Å². The monoisotopic (exact) mass is 315 g/mol. The average molecular weight is 315 g/mol. The van der Waals surface area contributed by atoms with E-state index in [4.69, 9.17) is 20.3 Å². The van der Waals surface area contributed by atoms with Crippen LogP contribution in [0.15, 0.2) is 0 Å². The summed E-state index contributed by atoms with van der Waals surface area (Å²) >= 11 is 0. The number of carbonyl (C=O) groups excluding carboxylic acids is 2. The highest BCUT2D eigenvalue weighted by Crippen LogP contribution is 2.31. The van der Waals surface area contributed by atoms with Crippen LogP contribution in [0.1, 0.15) is 46.5 Å². The van der Waals surface area contributed by atoms with Crippen LogP contribution in [0, 0.1) is 17.8 Å². The van der Waals surface area contributed by atoms with Crippen LogP contribution in [0.2, 0.25) is 0 Å². The SMILES string of the molecule is CC(=O)OC(OC(=O)C(N)C1CCC(C(=O)O)CC1)C(C)C. The van der Waals surface area contributed by atoms with E-state index in [1.54, 1.807) is 13.8 Å². The Morgan fingerprint density at radius 3 is 2.05 bits per heavy atom. The first kappa shape index (κ1) is 18.4. The first-order chi connectivity index (χ1) is 10.2. The molecule has 22 heavy (non-hydrogen) atoms. The lowest BCUT2D eigenvalue weighted by molar-refractivity contribution is -0.196. The zero-order valence-corrected chi connectivity index (χ0v) is 13.3. The molecule has 0 aromatic rings. The fraction of sp³-hybridized carbons (Fsp3) is 0.800. The zero-order valence-electron chi connectivity index (χ0n) is 13.3. The van der Waals surface area contributed by atoms with Gasteiger partial charge in [0.1, 0.15) is 6.04 Å². The van der Waals surface area contributed by atoms with Crippen LogP contribution in [-0.4, -0.2) is 35.3 Å². The van der Waals surface area contributed by atoms with E-state index in [-0.39, 0.29) is 17.8 Å². The summed E-state index contributed by atoms with van der Waals surface area (Å²) in [6.07, 6.45) is 1.23. The van der Waals surface area contributed by atoms with Crippen LogP contribution in [0.25, 0.3) is 0 Å². The minimum atomic E-state index is -0.952. The number of ether oxygens (including phenoxy) is 2. The van der Waals surface area contributed by atoms with E-state index in [2.05, 4.69) is 0 Å². The molecule has 126 valence electrons. The molecule has 0 aromatic heterocycles. The van der Waals surface area contributed by atoms with Gasteiger partial charge in [-0.1, -0.05) is 13.8 Å². The molecule has 0 aromatic carbocycles. The Hall–Kier alpha value is -1.63. The van der Waals surface area contributed by atoms with Gasteiger partial charge in [-0.25, -0.2) is 0 Å². The Bertz CT molecular complexity index is 414. The third-order valence-corrected chi connectivity index (χ3v) is 3.96. The molecule has 2 unspecified atom stereocenters. The summed E-state index contributed by atoms with van der Waals surface area (Å²) in [5.74, 6) is -2.58. The van der Waals surface area contributed by atoms with Crippen LogP contribution in [0.5, 0.6) is 0 Å². The van der Waals surface area contributed by atoms with Crippen molar-refractivity contribution in [2.75, 3.05) is 0 Å². The molecule has 2 atom stereocenters. The topological polar surface area (TPSA) is 116 Å². The molecule has 0 aliphatic heterocycles. The lowest BCUT2D eigenvalue weighted by Crippen LogP contribution is -2.44. The van der Waals surface area contributed by atoms with Gasteiger partial charge in [0, 0.05) is 12.8 Å². The van der Waals surface area contributed by atoms with Gasteiger partial charge in [0.15, 0.2) is 0 Å². The van der Waals surface area contributed by atoms with Gasteiger partial charge >= 0.3 is 17.9 Å². The molecule has 0 bridgehead atoms. The second kappa shape index (κ2) is 8.12. The predicted molar refractivity (Wildman–Crippen MR) is 77.5 cm³/mol. The van der Waals surface area contributed by atoms with Gasteiger partial charge in [0.2, 0.25) is 6.29 Å². The highest BCUT2D eigenvalue weighted by Gasteiger charge is 2.34. The molecular weight excluding hydrogens is 290 g/mol. The number of hydrogen-bond donors (Lipinski definition) is 2. The van der Waals surface area contributed by atoms with E-state index in [1.807, 2.05) is 0 Å². The molecule has 0 saturated heterocycles. The van der Waals surface area contributed by atoms with E-state index < -0.39 is 30.2 Å². The maximum atomic E-state index is 12.1. The first-order valence-corrected chi connectivity index (χ1v) is 7.58. The largest absolute Gasteiger partial charge is 0.481 e. The number of esters is 2. The van der Waals surface area contributed by atoms with Crippen molar-refractivity contribution in [2.24, 2.45) is 23.5 Å². The molecule has 3 N–H and O–H groups in total. The molecule has 1 aliphatic rings. The number of nitrogens with two attached hydrogens (primary N) is 1. The summed E-state index contributed by atoms with van der Waals surface area (Å²) in [4.78, 5) is 34.0. The van der Waals surface area contributed by atoms with Crippen molar-refractivity contribution >= 4 is 17.9 Å². The van der Waals surface area contributed by atoms with Crippen molar-refractivity contribution in [1.82, 2.24) is 0 Å². The van der Waals surface area contributed by atoms with Crippen molar-refractivity contribution in [3.8, 4) is 0 Å². The first-order valence-electron chi connectivity index (χ1n) is 7.58. The predicted octanol–water partition coefficient (Wildman–Crippen LogP) is 1.29. The van der Waals surface area contributed by atoms with Gasteiger partial charge in [-0.2, -0.15) is 0 Å². The number of hydrogen-bond acceptors (Lipinski definition) is 6. The van der Waals surface area contributed by atoms with Crippen molar-refractivity contribution in [1.29, 1.82) is 0 Å². The van der Waals surface area contributed by atoms with E-state index >= 15 is 0 Å². The normalized spacial score (nSPS) is 24.4. The average Bonchev–Trinajstić information content (AvgIpc) is 2.45. The molecule has 0 radical (unpaired) electrons. The van der Waals surface area contributed by atoms with Crippen LogP contribution < -0.4 is 5.73 Å². The second-order valence-electron chi connectivity index (χ2n) is 6.13. The fourth-order valence-electron chi connectivity index (χ4n) is 2.57. The van der Waals surface area contributed by atoms with Crippen molar-refractivity contribution in [3.05, 3.63) is 0 Å². The molecule has 1 saturated carbocycles.